The Morgan fingerprint density at radius 3 is 2.19 bits per heavy atom. The molecule has 0 aromatic rings. The second kappa shape index (κ2) is 10.0. The van der Waals surface area contributed by atoms with Gasteiger partial charge in [0, 0.05) is 12.6 Å². The summed E-state index contributed by atoms with van der Waals surface area (Å²) in [5.41, 5.74) is 0. The molecule has 7 heteroatoms. The van der Waals surface area contributed by atoms with Crippen molar-refractivity contribution in [3.05, 3.63) is 0 Å². The molecule has 0 radical (unpaired) electrons. The summed E-state index contributed by atoms with van der Waals surface area (Å²) in [6, 6.07) is -1.63. The highest BCUT2D eigenvalue weighted by atomic mass is 16.4. The van der Waals surface area contributed by atoms with Gasteiger partial charge >= 0.3 is 12.0 Å². The maximum atomic E-state index is 11.8. The van der Waals surface area contributed by atoms with Gasteiger partial charge in [-0.2, -0.15) is 0 Å². The van der Waals surface area contributed by atoms with Gasteiger partial charge in [0.25, 0.3) is 0 Å². The van der Waals surface area contributed by atoms with E-state index in [1.807, 2.05) is 20.8 Å². The second-order valence-electron chi connectivity index (χ2n) is 5.56. The van der Waals surface area contributed by atoms with Gasteiger partial charge in [-0.05, 0) is 19.3 Å². The third-order valence-electron chi connectivity index (χ3n) is 2.82. The van der Waals surface area contributed by atoms with Crippen molar-refractivity contribution >= 4 is 17.9 Å². The largest absolute Gasteiger partial charge is 0.481 e. The molecule has 122 valence electrons. The highest BCUT2D eigenvalue weighted by Gasteiger charge is 2.19. The Balaban J connectivity index is 4.25. The maximum absolute atomic E-state index is 11.8. The minimum atomic E-state index is -0.962. The van der Waals surface area contributed by atoms with E-state index >= 15 is 0 Å². The van der Waals surface area contributed by atoms with Crippen molar-refractivity contribution in [1.82, 2.24) is 16.0 Å². The first-order valence-electron chi connectivity index (χ1n) is 7.32. The van der Waals surface area contributed by atoms with E-state index < -0.39 is 24.1 Å². The standard InChI is InChI=1S/C14H27N3O4/c1-5-6-11(7-12(18)19)17-14(21)16-10(4)13(20)15-8-9(2)3/h9-11H,5-8H2,1-4H3,(H,15,20)(H,18,19)(H2,16,17,21). The first kappa shape index (κ1) is 19.2. The molecule has 7 nitrogen and oxygen atoms in total. The van der Waals surface area contributed by atoms with E-state index in [0.717, 1.165) is 6.42 Å². The van der Waals surface area contributed by atoms with Crippen LogP contribution in [0.5, 0.6) is 0 Å². The molecule has 0 aliphatic rings. The molecule has 0 heterocycles. The molecule has 0 spiro atoms. The predicted molar refractivity (Wildman–Crippen MR) is 79.9 cm³/mol. The zero-order valence-corrected chi connectivity index (χ0v) is 13.2. The first-order chi connectivity index (χ1) is 9.76. The number of carboxylic acids is 1. The van der Waals surface area contributed by atoms with Gasteiger partial charge in [0.05, 0.1) is 6.42 Å². The third kappa shape index (κ3) is 9.70. The fourth-order valence-electron chi connectivity index (χ4n) is 1.73. The van der Waals surface area contributed by atoms with Crippen molar-refractivity contribution < 1.29 is 19.5 Å². The van der Waals surface area contributed by atoms with Crippen molar-refractivity contribution in [2.45, 2.75) is 59.0 Å². The Hall–Kier alpha value is -1.79. The van der Waals surface area contributed by atoms with Gasteiger partial charge in [-0.15, -0.1) is 0 Å². The van der Waals surface area contributed by atoms with Crippen molar-refractivity contribution in [3.8, 4) is 0 Å². The van der Waals surface area contributed by atoms with Gasteiger partial charge in [0.2, 0.25) is 5.91 Å². The van der Waals surface area contributed by atoms with Crippen LogP contribution in [0.1, 0.15) is 47.0 Å². The topological polar surface area (TPSA) is 108 Å². The lowest BCUT2D eigenvalue weighted by Gasteiger charge is -2.19. The quantitative estimate of drug-likeness (QED) is 0.511. The SMILES string of the molecule is CCCC(CC(=O)O)NC(=O)NC(C)C(=O)NCC(C)C. The van der Waals surface area contributed by atoms with Crippen LogP contribution >= 0.6 is 0 Å². The average Bonchev–Trinajstić information content (AvgIpc) is 2.34. The molecule has 0 rings (SSSR count). The lowest BCUT2D eigenvalue weighted by atomic mass is 10.1. The molecule has 0 fully saturated rings. The van der Waals surface area contributed by atoms with Crippen LogP contribution in [0.15, 0.2) is 0 Å². The number of aliphatic carboxylic acids is 1. The Morgan fingerprint density at radius 1 is 1.10 bits per heavy atom. The molecule has 0 saturated carbocycles. The van der Waals surface area contributed by atoms with E-state index in [4.69, 9.17) is 5.11 Å². The lowest BCUT2D eigenvalue weighted by Crippen LogP contribution is -2.51. The van der Waals surface area contributed by atoms with Crippen LogP contribution in [0.2, 0.25) is 0 Å². The van der Waals surface area contributed by atoms with E-state index in [1.54, 1.807) is 6.92 Å². The van der Waals surface area contributed by atoms with Crippen LogP contribution in [-0.4, -0.2) is 41.6 Å². The summed E-state index contributed by atoms with van der Waals surface area (Å²) in [7, 11) is 0. The monoisotopic (exact) mass is 301 g/mol. The van der Waals surface area contributed by atoms with Crippen LogP contribution in [0.25, 0.3) is 0 Å². The van der Waals surface area contributed by atoms with E-state index in [-0.39, 0.29) is 12.3 Å². The number of carbonyl (C=O) groups excluding carboxylic acids is 2. The summed E-state index contributed by atoms with van der Waals surface area (Å²) in [5.74, 6) is -0.889. The van der Waals surface area contributed by atoms with Crippen molar-refractivity contribution in [2.75, 3.05) is 6.54 Å². The highest BCUT2D eigenvalue weighted by molar-refractivity contribution is 5.86. The smallest absolute Gasteiger partial charge is 0.315 e. The summed E-state index contributed by atoms with van der Waals surface area (Å²) in [6.45, 7) is 8.00. The van der Waals surface area contributed by atoms with E-state index in [2.05, 4.69) is 16.0 Å². The third-order valence-corrected chi connectivity index (χ3v) is 2.82. The van der Waals surface area contributed by atoms with Gasteiger partial charge in [-0.1, -0.05) is 27.2 Å². The van der Waals surface area contributed by atoms with Crippen LogP contribution in [0, 0.1) is 5.92 Å². The van der Waals surface area contributed by atoms with Crippen LogP contribution in [0.4, 0.5) is 4.79 Å². The number of urea groups is 1. The average molecular weight is 301 g/mol. The number of hydrogen-bond donors (Lipinski definition) is 4. The minimum Gasteiger partial charge on any atom is -0.481 e. The number of carbonyl (C=O) groups is 3. The Bertz CT molecular complexity index is 358. The molecular weight excluding hydrogens is 274 g/mol. The van der Waals surface area contributed by atoms with Gasteiger partial charge in [-0.3, -0.25) is 9.59 Å². The summed E-state index contributed by atoms with van der Waals surface area (Å²) in [5, 5.41) is 16.6. The van der Waals surface area contributed by atoms with Gasteiger partial charge in [-0.25, -0.2) is 4.79 Å². The molecule has 3 amide bonds. The number of rotatable bonds is 9. The fraction of sp³-hybridized carbons (Fsp3) is 0.786. The Labute approximate surface area is 125 Å². The summed E-state index contributed by atoms with van der Waals surface area (Å²) >= 11 is 0. The van der Waals surface area contributed by atoms with Crippen molar-refractivity contribution in [3.63, 3.8) is 0 Å². The fourth-order valence-corrected chi connectivity index (χ4v) is 1.73. The Kier molecular flexibility index (Phi) is 9.16. The number of nitrogens with one attached hydrogen (secondary N) is 3. The molecule has 2 atom stereocenters. The van der Waals surface area contributed by atoms with E-state index in [9.17, 15) is 14.4 Å². The predicted octanol–water partition coefficient (Wildman–Crippen LogP) is 1.09. The van der Waals surface area contributed by atoms with E-state index in [0.29, 0.717) is 18.9 Å². The molecule has 21 heavy (non-hydrogen) atoms. The molecule has 4 N–H and O–H groups in total. The van der Waals surface area contributed by atoms with Crippen molar-refractivity contribution in [2.24, 2.45) is 5.92 Å². The van der Waals surface area contributed by atoms with Gasteiger partial charge < -0.3 is 21.1 Å². The molecule has 0 aromatic carbocycles. The second-order valence-corrected chi connectivity index (χ2v) is 5.56. The van der Waals surface area contributed by atoms with Gasteiger partial charge in [0.15, 0.2) is 0 Å². The summed E-state index contributed by atoms with van der Waals surface area (Å²) in [6.07, 6.45) is 1.21. The van der Waals surface area contributed by atoms with Crippen LogP contribution in [-0.2, 0) is 9.59 Å². The summed E-state index contributed by atoms with van der Waals surface area (Å²) < 4.78 is 0. The normalized spacial score (nSPS) is 13.4. The number of amides is 3. The molecule has 2 unspecified atom stereocenters. The molecule has 0 saturated heterocycles. The van der Waals surface area contributed by atoms with Crippen molar-refractivity contribution in [1.29, 1.82) is 0 Å². The van der Waals surface area contributed by atoms with Gasteiger partial charge in [0.1, 0.15) is 6.04 Å². The van der Waals surface area contributed by atoms with E-state index in [1.165, 1.54) is 0 Å². The van der Waals surface area contributed by atoms with Crippen LogP contribution in [0.3, 0.4) is 0 Å². The Morgan fingerprint density at radius 2 is 1.71 bits per heavy atom. The first-order valence-corrected chi connectivity index (χ1v) is 7.32. The molecule has 0 aliphatic carbocycles. The number of hydrogen-bond acceptors (Lipinski definition) is 3. The lowest BCUT2D eigenvalue weighted by molar-refractivity contribution is -0.137. The molecule has 0 aliphatic heterocycles. The zero-order chi connectivity index (χ0) is 16.4. The highest BCUT2D eigenvalue weighted by Crippen LogP contribution is 2.01. The molecular formula is C14H27N3O4. The molecule has 0 bridgehead atoms. The number of carboxylic acid groups (broad SMARTS) is 1. The minimum absolute atomic E-state index is 0.130. The summed E-state index contributed by atoms with van der Waals surface area (Å²) in [4.78, 5) is 34.2. The molecule has 0 aromatic heterocycles. The van der Waals surface area contributed by atoms with Crippen LogP contribution < -0.4 is 16.0 Å². The maximum Gasteiger partial charge on any atom is 0.315 e. The zero-order valence-electron chi connectivity index (χ0n) is 13.2.